The Labute approximate surface area is 120 Å². The zero-order chi connectivity index (χ0) is 15.3. The number of sulfone groups is 1. The predicted octanol–water partition coefficient (Wildman–Crippen LogP) is 1.06. The van der Waals surface area contributed by atoms with Gasteiger partial charge in [-0.3, -0.25) is 4.79 Å². The summed E-state index contributed by atoms with van der Waals surface area (Å²) in [5.74, 6) is -0.458. The highest BCUT2D eigenvalue weighted by atomic mass is 32.2. The number of benzene rings is 1. The molecule has 0 fully saturated rings. The molecular formula is C14H22N2O3S. The summed E-state index contributed by atoms with van der Waals surface area (Å²) in [7, 11) is -1.41. The molecule has 0 bridgehead atoms. The van der Waals surface area contributed by atoms with E-state index < -0.39 is 21.0 Å². The zero-order valence-electron chi connectivity index (χ0n) is 12.3. The third-order valence-corrected chi connectivity index (χ3v) is 4.91. The topological polar surface area (TPSA) is 66.5 Å². The maximum atomic E-state index is 11.7. The number of rotatable bonds is 6. The quantitative estimate of drug-likeness (QED) is 0.853. The number of amides is 1. The highest BCUT2D eigenvalue weighted by Crippen LogP contribution is 2.13. The number of para-hydroxylation sites is 1. The Morgan fingerprint density at radius 1 is 1.25 bits per heavy atom. The van der Waals surface area contributed by atoms with Gasteiger partial charge in [0.05, 0.1) is 0 Å². The number of nitrogens with zero attached hydrogens (tertiary/aromatic N) is 1. The van der Waals surface area contributed by atoms with E-state index in [1.807, 2.05) is 49.2 Å². The maximum absolute atomic E-state index is 11.7. The van der Waals surface area contributed by atoms with Gasteiger partial charge in [-0.05, 0) is 26.0 Å². The summed E-state index contributed by atoms with van der Waals surface area (Å²) < 4.78 is 22.6. The standard InChI is InChI=1S/C14H22N2O3S/c1-11(16(3)13-8-6-5-7-9-13)10-15-14(17)12(2)20(4,18)19/h5-9,11-12H,10H2,1-4H3,(H,15,17)/t11-,12-/m1/s1. The van der Waals surface area contributed by atoms with Gasteiger partial charge in [0, 0.05) is 31.6 Å². The number of likely N-dealkylation sites (N-methyl/N-ethyl adjacent to an activating group) is 1. The van der Waals surface area contributed by atoms with Gasteiger partial charge in [0.15, 0.2) is 9.84 Å². The van der Waals surface area contributed by atoms with Crippen molar-refractivity contribution in [2.75, 3.05) is 24.7 Å². The highest BCUT2D eigenvalue weighted by molar-refractivity contribution is 7.92. The Morgan fingerprint density at radius 2 is 1.80 bits per heavy atom. The molecule has 1 rings (SSSR count). The lowest BCUT2D eigenvalue weighted by Gasteiger charge is -2.27. The fourth-order valence-electron chi connectivity index (χ4n) is 1.64. The number of hydrogen-bond donors (Lipinski definition) is 1. The van der Waals surface area contributed by atoms with Crippen molar-refractivity contribution < 1.29 is 13.2 Å². The van der Waals surface area contributed by atoms with Crippen LogP contribution in [0.1, 0.15) is 13.8 Å². The number of anilines is 1. The summed E-state index contributed by atoms with van der Waals surface area (Å²) in [5, 5.41) is 1.66. The molecule has 1 aromatic carbocycles. The van der Waals surface area contributed by atoms with Gasteiger partial charge in [-0.1, -0.05) is 18.2 Å². The molecule has 1 aromatic rings. The molecule has 1 N–H and O–H groups in total. The molecule has 112 valence electrons. The molecule has 1 amide bonds. The largest absolute Gasteiger partial charge is 0.370 e. The fourth-order valence-corrected chi connectivity index (χ4v) is 2.11. The summed E-state index contributed by atoms with van der Waals surface area (Å²) in [6.45, 7) is 3.76. The SMILES string of the molecule is C[C@H](CNC(=O)[C@@H](C)S(C)(=O)=O)N(C)c1ccccc1. The normalized spacial score (nSPS) is 14.4. The first-order chi connectivity index (χ1) is 9.23. The Balaban J connectivity index is 2.56. The zero-order valence-corrected chi connectivity index (χ0v) is 13.1. The van der Waals surface area contributed by atoms with Crippen LogP contribution in [0.25, 0.3) is 0 Å². The van der Waals surface area contributed by atoms with Gasteiger partial charge >= 0.3 is 0 Å². The summed E-state index contributed by atoms with van der Waals surface area (Å²) >= 11 is 0. The first-order valence-electron chi connectivity index (χ1n) is 6.48. The van der Waals surface area contributed by atoms with E-state index in [9.17, 15) is 13.2 Å². The number of carbonyl (C=O) groups is 1. The van der Waals surface area contributed by atoms with Crippen molar-refractivity contribution in [1.82, 2.24) is 5.32 Å². The molecule has 0 saturated carbocycles. The van der Waals surface area contributed by atoms with Crippen LogP contribution in [0.2, 0.25) is 0 Å². The van der Waals surface area contributed by atoms with Crippen molar-refractivity contribution in [3.05, 3.63) is 30.3 Å². The van der Waals surface area contributed by atoms with Crippen molar-refractivity contribution in [3.8, 4) is 0 Å². The molecule has 0 unspecified atom stereocenters. The molecule has 0 aromatic heterocycles. The van der Waals surface area contributed by atoms with Crippen LogP contribution in [0.5, 0.6) is 0 Å². The number of hydrogen-bond acceptors (Lipinski definition) is 4. The lowest BCUT2D eigenvalue weighted by Crippen LogP contribution is -2.44. The molecule has 0 heterocycles. The maximum Gasteiger partial charge on any atom is 0.238 e. The minimum Gasteiger partial charge on any atom is -0.370 e. The van der Waals surface area contributed by atoms with Gasteiger partial charge in [0.1, 0.15) is 5.25 Å². The van der Waals surface area contributed by atoms with E-state index in [0.29, 0.717) is 6.54 Å². The van der Waals surface area contributed by atoms with Gasteiger partial charge in [-0.25, -0.2) is 8.42 Å². The second-order valence-corrected chi connectivity index (χ2v) is 7.38. The molecule has 0 saturated heterocycles. The number of nitrogens with one attached hydrogen (secondary N) is 1. The first-order valence-corrected chi connectivity index (χ1v) is 8.43. The lowest BCUT2D eigenvalue weighted by molar-refractivity contribution is -0.120. The van der Waals surface area contributed by atoms with Crippen molar-refractivity contribution in [2.45, 2.75) is 25.1 Å². The highest BCUT2D eigenvalue weighted by Gasteiger charge is 2.23. The molecule has 2 atom stereocenters. The van der Waals surface area contributed by atoms with Crippen LogP contribution >= 0.6 is 0 Å². The fraction of sp³-hybridized carbons (Fsp3) is 0.500. The molecule has 0 aliphatic rings. The molecule has 5 nitrogen and oxygen atoms in total. The third kappa shape index (κ3) is 4.52. The molecule has 6 heteroatoms. The Bertz CT molecular complexity index is 543. The van der Waals surface area contributed by atoms with E-state index in [2.05, 4.69) is 5.32 Å². The molecule has 0 radical (unpaired) electrons. The minimum absolute atomic E-state index is 0.0631. The average molecular weight is 298 g/mol. The third-order valence-electron chi connectivity index (χ3n) is 3.41. The van der Waals surface area contributed by atoms with Gasteiger partial charge in [0.25, 0.3) is 0 Å². The second-order valence-electron chi connectivity index (χ2n) is 5.01. The molecule has 20 heavy (non-hydrogen) atoms. The monoisotopic (exact) mass is 298 g/mol. The van der Waals surface area contributed by atoms with E-state index >= 15 is 0 Å². The predicted molar refractivity (Wildman–Crippen MR) is 81.6 cm³/mol. The Kier molecular flexibility index (Phi) is 5.56. The summed E-state index contributed by atoms with van der Waals surface area (Å²) in [6, 6.07) is 9.87. The minimum atomic E-state index is -3.35. The van der Waals surface area contributed by atoms with Crippen LogP contribution in [0.3, 0.4) is 0 Å². The van der Waals surface area contributed by atoms with Gasteiger partial charge < -0.3 is 10.2 Å². The Morgan fingerprint density at radius 3 is 2.30 bits per heavy atom. The second kappa shape index (κ2) is 6.74. The van der Waals surface area contributed by atoms with Gasteiger partial charge in [0.2, 0.25) is 5.91 Å². The first kappa shape index (κ1) is 16.5. The summed E-state index contributed by atoms with van der Waals surface area (Å²) in [4.78, 5) is 13.8. The van der Waals surface area contributed by atoms with Crippen LogP contribution in [0.15, 0.2) is 30.3 Å². The van der Waals surface area contributed by atoms with E-state index in [1.54, 1.807) is 0 Å². The van der Waals surface area contributed by atoms with Crippen LogP contribution in [-0.4, -0.2) is 45.5 Å². The lowest BCUT2D eigenvalue weighted by atomic mass is 10.2. The smallest absolute Gasteiger partial charge is 0.238 e. The van der Waals surface area contributed by atoms with Crippen molar-refractivity contribution >= 4 is 21.4 Å². The average Bonchev–Trinajstić information content (AvgIpc) is 2.42. The van der Waals surface area contributed by atoms with Crippen molar-refractivity contribution in [2.24, 2.45) is 0 Å². The molecule has 0 spiro atoms. The van der Waals surface area contributed by atoms with Crippen LogP contribution in [-0.2, 0) is 14.6 Å². The molecular weight excluding hydrogens is 276 g/mol. The molecule has 0 aliphatic carbocycles. The van der Waals surface area contributed by atoms with E-state index in [1.165, 1.54) is 6.92 Å². The van der Waals surface area contributed by atoms with Crippen LogP contribution in [0.4, 0.5) is 5.69 Å². The van der Waals surface area contributed by atoms with E-state index in [0.717, 1.165) is 11.9 Å². The van der Waals surface area contributed by atoms with Crippen LogP contribution < -0.4 is 10.2 Å². The molecule has 0 aliphatic heterocycles. The van der Waals surface area contributed by atoms with Gasteiger partial charge in [-0.15, -0.1) is 0 Å². The summed E-state index contributed by atoms with van der Waals surface area (Å²) in [6.07, 6.45) is 1.07. The summed E-state index contributed by atoms with van der Waals surface area (Å²) in [5.41, 5.74) is 1.05. The van der Waals surface area contributed by atoms with Crippen molar-refractivity contribution in [1.29, 1.82) is 0 Å². The Hall–Kier alpha value is -1.56. The van der Waals surface area contributed by atoms with Crippen molar-refractivity contribution in [3.63, 3.8) is 0 Å². The van der Waals surface area contributed by atoms with Crippen LogP contribution in [0, 0.1) is 0 Å². The number of carbonyl (C=O) groups excluding carboxylic acids is 1. The van der Waals surface area contributed by atoms with E-state index in [4.69, 9.17) is 0 Å². The van der Waals surface area contributed by atoms with E-state index in [-0.39, 0.29) is 6.04 Å². The van der Waals surface area contributed by atoms with Gasteiger partial charge in [-0.2, -0.15) is 0 Å².